The van der Waals surface area contributed by atoms with Gasteiger partial charge in [-0.25, -0.2) is 0 Å². The van der Waals surface area contributed by atoms with Crippen LogP contribution in [0.25, 0.3) is 0 Å². The van der Waals surface area contributed by atoms with Crippen molar-refractivity contribution in [3.63, 3.8) is 0 Å². The second-order valence-corrected chi connectivity index (χ2v) is 5.26. The van der Waals surface area contributed by atoms with Crippen molar-refractivity contribution in [1.29, 1.82) is 0 Å². The molecule has 0 spiro atoms. The maximum Gasteiger partial charge on any atom is -0.0209 e. The first kappa shape index (κ1) is 13.7. The molecular weight excluding hydrogens is 168 g/mol. The molecule has 84 valence electrons. The molecular formula is C14H28. The second-order valence-electron chi connectivity index (χ2n) is 5.26. The van der Waals surface area contributed by atoms with Crippen LogP contribution in [0.2, 0.25) is 0 Å². The lowest BCUT2D eigenvalue weighted by Crippen LogP contribution is -2.15. The molecule has 0 aliphatic heterocycles. The van der Waals surface area contributed by atoms with E-state index in [1.807, 2.05) is 0 Å². The van der Waals surface area contributed by atoms with Crippen LogP contribution < -0.4 is 0 Å². The van der Waals surface area contributed by atoms with Crippen molar-refractivity contribution in [1.82, 2.24) is 0 Å². The summed E-state index contributed by atoms with van der Waals surface area (Å²) in [5, 5.41) is 0. The van der Waals surface area contributed by atoms with E-state index in [9.17, 15) is 0 Å². The normalized spacial score (nSPS) is 19.6. The summed E-state index contributed by atoms with van der Waals surface area (Å²) in [6.45, 7) is 16.2. The molecule has 0 nitrogen and oxygen atoms in total. The molecule has 0 rings (SSSR count). The topological polar surface area (TPSA) is 0 Å². The van der Waals surface area contributed by atoms with Crippen LogP contribution in [0.5, 0.6) is 0 Å². The number of allylic oxidation sites excluding steroid dienone is 2. The van der Waals surface area contributed by atoms with Crippen molar-refractivity contribution in [2.75, 3.05) is 0 Å². The van der Waals surface area contributed by atoms with E-state index >= 15 is 0 Å². The summed E-state index contributed by atoms with van der Waals surface area (Å²) < 4.78 is 0. The Morgan fingerprint density at radius 3 is 1.86 bits per heavy atom. The fourth-order valence-electron chi connectivity index (χ4n) is 1.77. The maximum atomic E-state index is 2.39. The lowest BCUT2D eigenvalue weighted by molar-refractivity contribution is 0.291. The maximum absolute atomic E-state index is 2.39. The van der Waals surface area contributed by atoms with Gasteiger partial charge in [0.15, 0.2) is 0 Å². The summed E-state index contributed by atoms with van der Waals surface area (Å²) in [4.78, 5) is 0. The highest BCUT2D eigenvalue weighted by Crippen LogP contribution is 2.28. The average Bonchev–Trinajstić information content (AvgIpc) is 2.14. The van der Waals surface area contributed by atoms with E-state index in [0.29, 0.717) is 0 Å². The lowest BCUT2D eigenvalue weighted by Gasteiger charge is -2.25. The third-order valence-corrected chi connectivity index (χ3v) is 3.91. The Labute approximate surface area is 90.8 Å². The Kier molecular flexibility index (Phi) is 6.15. The van der Waals surface area contributed by atoms with Gasteiger partial charge in [0.1, 0.15) is 0 Å². The Hall–Kier alpha value is -0.260. The largest absolute Gasteiger partial charge is 0.0885 e. The Morgan fingerprint density at radius 2 is 1.50 bits per heavy atom. The zero-order valence-electron chi connectivity index (χ0n) is 11.1. The molecule has 0 N–H and O–H groups in total. The zero-order chi connectivity index (χ0) is 11.3. The van der Waals surface area contributed by atoms with E-state index in [1.54, 1.807) is 0 Å². The summed E-state index contributed by atoms with van der Waals surface area (Å²) in [7, 11) is 0. The molecule has 14 heavy (non-hydrogen) atoms. The van der Waals surface area contributed by atoms with Gasteiger partial charge in [0.2, 0.25) is 0 Å². The van der Waals surface area contributed by atoms with Gasteiger partial charge in [-0.05, 0) is 43.9 Å². The number of hydrogen-bond acceptors (Lipinski definition) is 0. The molecule has 0 aliphatic carbocycles. The molecule has 0 amide bonds. The van der Waals surface area contributed by atoms with E-state index in [0.717, 1.165) is 23.7 Å². The third-order valence-electron chi connectivity index (χ3n) is 3.91. The van der Waals surface area contributed by atoms with Gasteiger partial charge in [-0.15, -0.1) is 0 Å². The first-order valence-corrected chi connectivity index (χ1v) is 6.02. The van der Waals surface area contributed by atoms with Crippen molar-refractivity contribution in [3.8, 4) is 0 Å². The van der Waals surface area contributed by atoms with Crippen molar-refractivity contribution in [2.45, 2.75) is 54.9 Å². The van der Waals surface area contributed by atoms with Gasteiger partial charge in [0.25, 0.3) is 0 Å². The lowest BCUT2D eigenvalue weighted by atomic mass is 9.80. The van der Waals surface area contributed by atoms with Gasteiger partial charge in [-0.3, -0.25) is 0 Å². The summed E-state index contributed by atoms with van der Waals surface area (Å²) in [6.07, 6.45) is 3.60. The smallest absolute Gasteiger partial charge is 0.0209 e. The first-order valence-electron chi connectivity index (χ1n) is 6.02. The summed E-state index contributed by atoms with van der Waals surface area (Å²) in [5.41, 5.74) is 1.54. The highest BCUT2D eigenvalue weighted by molar-refractivity contribution is 5.01. The fraction of sp³-hybridized carbons (Fsp3) is 0.857. The van der Waals surface area contributed by atoms with Crippen molar-refractivity contribution >= 4 is 0 Å². The average molecular weight is 196 g/mol. The quantitative estimate of drug-likeness (QED) is 0.548. The highest BCUT2D eigenvalue weighted by atomic mass is 14.2. The van der Waals surface area contributed by atoms with E-state index in [1.165, 1.54) is 12.0 Å². The van der Waals surface area contributed by atoms with Gasteiger partial charge in [0.05, 0.1) is 0 Å². The molecule has 0 aromatic carbocycles. The van der Waals surface area contributed by atoms with Crippen molar-refractivity contribution < 1.29 is 0 Å². The molecule has 0 aliphatic rings. The molecule has 0 fully saturated rings. The van der Waals surface area contributed by atoms with Gasteiger partial charge in [-0.2, -0.15) is 0 Å². The first-order chi connectivity index (χ1) is 6.40. The minimum atomic E-state index is 0.737. The SMILES string of the molecule is CC=C(C)C(C)C(C)CC(C)C(C)C. The molecule has 3 unspecified atom stereocenters. The molecule has 0 saturated heterocycles. The van der Waals surface area contributed by atoms with E-state index in [-0.39, 0.29) is 0 Å². The molecule has 0 radical (unpaired) electrons. The van der Waals surface area contributed by atoms with Crippen molar-refractivity contribution in [3.05, 3.63) is 11.6 Å². The van der Waals surface area contributed by atoms with Gasteiger partial charge < -0.3 is 0 Å². The molecule has 0 aromatic heterocycles. The van der Waals surface area contributed by atoms with Crippen LogP contribution in [0.15, 0.2) is 11.6 Å². The molecule has 3 atom stereocenters. The van der Waals surface area contributed by atoms with Crippen LogP contribution in [-0.2, 0) is 0 Å². The Morgan fingerprint density at radius 1 is 1.00 bits per heavy atom. The van der Waals surface area contributed by atoms with E-state index in [2.05, 4.69) is 54.5 Å². The van der Waals surface area contributed by atoms with Crippen LogP contribution in [0, 0.1) is 23.7 Å². The van der Waals surface area contributed by atoms with Gasteiger partial charge >= 0.3 is 0 Å². The Balaban J connectivity index is 4.14. The number of rotatable bonds is 5. The molecule has 0 bridgehead atoms. The predicted molar refractivity (Wildman–Crippen MR) is 66.4 cm³/mol. The second kappa shape index (κ2) is 6.27. The molecule has 0 saturated carbocycles. The minimum Gasteiger partial charge on any atom is -0.0885 e. The van der Waals surface area contributed by atoms with Gasteiger partial charge in [-0.1, -0.05) is 46.3 Å². The van der Waals surface area contributed by atoms with E-state index in [4.69, 9.17) is 0 Å². The summed E-state index contributed by atoms with van der Waals surface area (Å²) in [5.74, 6) is 3.21. The van der Waals surface area contributed by atoms with Crippen molar-refractivity contribution in [2.24, 2.45) is 23.7 Å². The predicted octanol–water partition coefficient (Wildman–Crippen LogP) is 4.91. The highest BCUT2D eigenvalue weighted by Gasteiger charge is 2.17. The minimum absolute atomic E-state index is 0.737. The summed E-state index contributed by atoms with van der Waals surface area (Å²) >= 11 is 0. The standard InChI is InChI=1S/C14H28/c1-8-11(4)14(7)13(6)9-12(5)10(2)3/h8,10,12-14H,9H2,1-7H3. The molecule has 0 heterocycles. The molecule has 0 heteroatoms. The van der Waals surface area contributed by atoms with Crippen LogP contribution in [-0.4, -0.2) is 0 Å². The van der Waals surface area contributed by atoms with Crippen LogP contribution >= 0.6 is 0 Å². The Bertz CT molecular complexity index is 176. The monoisotopic (exact) mass is 196 g/mol. The van der Waals surface area contributed by atoms with Crippen LogP contribution in [0.4, 0.5) is 0 Å². The van der Waals surface area contributed by atoms with E-state index < -0.39 is 0 Å². The van der Waals surface area contributed by atoms with Crippen LogP contribution in [0.1, 0.15) is 54.9 Å². The zero-order valence-corrected chi connectivity index (χ0v) is 11.1. The molecule has 0 aromatic rings. The summed E-state index contributed by atoms with van der Waals surface area (Å²) in [6, 6.07) is 0. The fourth-order valence-corrected chi connectivity index (χ4v) is 1.77. The third kappa shape index (κ3) is 4.30. The number of hydrogen-bond donors (Lipinski definition) is 0. The van der Waals surface area contributed by atoms with Gasteiger partial charge in [0, 0.05) is 0 Å². The van der Waals surface area contributed by atoms with Crippen LogP contribution in [0.3, 0.4) is 0 Å².